The van der Waals surface area contributed by atoms with E-state index in [9.17, 15) is 0 Å². The third-order valence-corrected chi connectivity index (χ3v) is 0.789. The standard InChI is InChI=1S/C5H8N2/c1-2-4-7-5-6-3-1/h1,3-4,6H,2,5H2. The lowest BCUT2D eigenvalue weighted by atomic mass is 10.5. The van der Waals surface area contributed by atoms with Gasteiger partial charge in [-0.2, -0.15) is 0 Å². The molecule has 0 bridgehead atoms. The minimum Gasteiger partial charge on any atom is -0.373 e. The normalized spacial score (nSPS) is 18.3. The predicted molar refractivity (Wildman–Crippen MR) is 30.3 cm³/mol. The molecule has 1 rings (SSSR count). The molecule has 0 saturated carbocycles. The molecular formula is C5H8N2. The van der Waals surface area contributed by atoms with Gasteiger partial charge in [0.2, 0.25) is 0 Å². The Labute approximate surface area is 42.9 Å². The van der Waals surface area contributed by atoms with Crippen LogP contribution in [0.4, 0.5) is 0 Å². The van der Waals surface area contributed by atoms with Gasteiger partial charge < -0.3 is 5.32 Å². The Morgan fingerprint density at radius 3 is 3.57 bits per heavy atom. The van der Waals surface area contributed by atoms with Crippen LogP contribution in [0.5, 0.6) is 0 Å². The molecule has 0 unspecified atom stereocenters. The fourth-order valence-corrected chi connectivity index (χ4v) is 0.457. The fraction of sp³-hybridized carbons (Fsp3) is 0.400. The quantitative estimate of drug-likeness (QED) is 0.467. The van der Waals surface area contributed by atoms with Gasteiger partial charge in [0.05, 0.1) is 0 Å². The summed E-state index contributed by atoms with van der Waals surface area (Å²) in [4.78, 5) is 3.97. The van der Waals surface area contributed by atoms with Crippen molar-refractivity contribution in [2.75, 3.05) is 6.67 Å². The number of hydrogen-bond acceptors (Lipinski definition) is 2. The first-order valence-electron chi connectivity index (χ1n) is 2.37. The topological polar surface area (TPSA) is 24.4 Å². The van der Waals surface area contributed by atoms with Gasteiger partial charge in [0.25, 0.3) is 0 Å². The third kappa shape index (κ3) is 1.39. The van der Waals surface area contributed by atoms with Gasteiger partial charge in [-0.3, -0.25) is 4.99 Å². The van der Waals surface area contributed by atoms with Crippen LogP contribution in [0.15, 0.2) is 17.3 Å². The highest BCUT2D eigenvalue weighted by Crippen LogP contribution is 1.80. The van der Waals surface area contributed by atoms with Crippen molar-refractivity contribution in [2.45, 2.75) is 6.42 Å². The van der Waals surface area contributed by atoms with E-state index in [1.165, 1.54) is 0 Å². The molecule has 0 aromatic heterocycles. The molecule has 0 fully saturated rings. The van der Waals surface area contributed by atoms with Gasteiger partial charge >= 0.3 is 0 Å². The summed E-state index contributed by atoms with van der Waals surface area (Å²) in [5.41, 5.74) is 0. The van der Waals surface area contributed by atoms with Crippen molar-refractivity contribution in [3.8, 4) is 0 Å². The van der Waals surface area contributed by atoms with Crippen molar-refractivity contribution < 1.29 is 0 Å². The summed E-state index contributed by atoms with van der Waals surface area (Å²) in [6.07, 6.45) is 6.83. The lowest BCUT2D eigenvalue weighted by Crippen LogP contribution is -2.01. The second-order valence-corrected chi connectivity index (χ2v) is 1.37. The Bertz CT molecular complexity index is 82.3. The molecule has 7 heavy (non-hydrogen) atoms. The maximum atomic E-state index is 3.97. The van der Waals surface area contributed by atoms with E-state index in [1.807, 2.05) is 18.5 Å². The Kier molecular flexibility index (Phi) is 1.50. The molecule has 1 aliphatic rings. The monoisotopic (exact) mass is 96.1 g/mol. The van der Waals surface area contributed by atoms with Crippen LogP contribution in [-0.4, -0.2) is 12.9 Å². The lowest BCUT2D eigenvalue weighted by Gasteiger charge is -1.85. The van der Waals surface area contributed by atoms with Crippen molar-refractivity contribution in [1.29, 1.82) is 0 Å². The molecule has 2 nitrogen and oxygen atoms in total. The molecule has 0 aromatic carbocycles. The maximum Gasteiger partial charge on any atom is 0.106 e. The zero-order chi connectivity index (χ0) is 4.95. The smallest absolute Gasteiger partial charge is 0.106 e. The molecule has 1 aliphatic heterocycles. The van der Waals surface area contributed by atoms with Crippen molar-refractivity contribution in [3.05, 3.63) is 12.3 Å². The van der Waals surface area contributed by atoms with E-state index >= 15 is 0 Å². The lowest BCUT2D eigenvalue weighted by molar-refractivity contribution is 0.894. The van der Waals surface area contributed by atoms with E-state index in [2.05, 4.69) is 10.3 Å². The summed E-state index contributed by atoms with van der Waals surface area (Å²) < 4.78 is 0. The highest BCUT2D eigenvalue weighted by atomic mass is 15.0. The Hall–Kier alpha value is -0.790. The van der Waals surface area contributed by atoms with Crippen LogP contribution in [0.1, 0.15) is 6.42 Å². The van der Waals surface area contributed by atoms with Gasteiger partial charge in [-0.25, -0.2) is 0 Å². The van der Waals surface area contributed by atoms with Gasteiger partial charge in [0.1, 0.15) is 6.67 Å². The van der Waals surface area contributed by atoms with Gasteiger partial charge in [0.15, 0.2) is 0 Å². The minimum atomic E-state index is 0.733. The van der Waals surface area contributed by atoms with E-state index in [-0.39, 0.29) is 0 Å². The fourth-order valence-electron chi connectivity index (χ4n) is 0.457. The summed E-state index contributed by atoms with van der Waals surface area (Å²) in [7, 11) is 0. The van der Waals surface area contributed by atoms with Crippen LogP contribution in [0, 0.1) is 0 Å². The number of aliphatic imine (C=N–C) groups is 1. The van der Waals surface area contributed by atoms with Crippen LogP contribution in [-0.2, 0) is 0 Å². The molecule has 38 valence electrons. The van der Waals surface area contributed by atoms with E-state index in [4.69, 9.17) is 0 Å². The highest BCUT2D eigenvalue weighted by molar-refractivity contribution is 5.59. The zero-order valence-electron chi connectivity index (χ0n) is 4.09. The number of allylic oxidation sites excluding steroid dienone is 1. The van der Waals surface area contributed by atoms with Gasteiger partial charge in [-0.1, -0.05) is 6.08 Å². The summed E-state index contributed by atoms with van der Waals surface area (Å²) in [5.74, 6) is 0. The molecule has 1 N–H and O–H groups in total. The van der Waals surface area contributed by atoms with Crippen LogP contribution in [0.25, 0.3) is 0 Å². The second-order valence-electron chi connectivity index (χ2n) is 1.37. The van der Waals surface area contributed by atoms with Gasteiger partial charge in [-0.15, -0.1) is 0 Å². The predicted octanol–water partition coefficient (Wildman–Crippen LogP) is 0.522. The van der Waals surface area contributed by atoms with Crippen molar-refractivity contribution in [3.63, 3.8) is 0 Å². The molecule has 0 amide bonds. The zero-order valence-corrected chi connectivity index (χ0v) is 4.09. The molecule has 0 aliphatic carbocycles. The first kappa shape index (κ1) is 4.37. The number of rotatable bonds is 0. The van der Waals surface area contributed by atoms with Crippen LogP contribution in [0.2, 0.25) is 0 Å². The molecule has 0 radical (unpaired) electrons. The van der Waals surface area contributed by atoms with Gasteiger partial charge in [0, 0.05) is 12.6 Å². The Morgan fingerprint density at radius 2 is 2.57 bits per heavy atom. The van der Waals surface area contributed by atoms with E-state index in [1.54, 1.807) is 0 Å². The Morgan fingerprint density at radius 1 is 1.57 bits per heavy atom. The van der Waals surface area contributed by atoms with Crippen molar-refractivity contribution in [1.82, 2.24) is 5.32 Å². The number of nitrogens with one attached hydrogen (secondary N) is 1. The molecule has 0 atom stereocenters. The van der Waals surface area contributed by atoms with E-state index in [0.29, 0.717) is 0 Å². The number of hydrogen-bond donors (Lipinski definition) is 1. The molecule has 0 spiro atoms. The number of nitrogens with zero attached hydrogens (tertiary/aromatic N) is 1. The largest absolute Gasteiger partial charge is 0.373 e. The summed E-state index contributed by atoms with van der Waals surface area (Å²) in [6, 6.07) is 0. The van der Waals surface area contributed by atoms with E-state index in [0.717, 1.165) is 13.1 Å². The molecule has 0 aromatic rings. The second kappa shape index (κ2) is 2.39. The van der Waals surface area contributed by atoms with Crippen molar-refractivity contribution >= 4 is 6.21 Å². The molecule has 2 heteroatoms. The van der Waals surface area contributed by atoms with Crippen molar-refractivity contribution in [2.24, 2.45) is 4.99 Å². The summed E-state index contributed by atoms with van der Waals surface area (Å²) >= 11 is 0. The Balaban J connectivity index is 2.38. The maximum absolute atomic E-state index is 3.97. The average Bonchev–Trinajstić information content (AvgIpc) is 1.90. The summed E-state index contributed by atoms with van der Waals surface area (Å²) in [6.45, 7) is 0.733. The van der Waals surface area contributed by atoms with Crippen LogP contribution < -0.4 is 5.32 Å². The average molecular weight is 96.1 g/mol. The SMILES string of the molecule is C1=CNCN=CC1. The third-order valence-electron chi connectivity index (χ3n) is 0.789. The molecule has 1 heterocycles. The minimum absolute atomic E-state index is 0.733. The first-order valence-corrected chi connectivity index (χ1v) is 2.37. The van der Waals surface area contributed by atoms with Crippen LogP contribution in [0.3, 0.4) is 0 Å². The first-order chi connectivity index (χ1) is 3.50. The molecule has 0 saturated heterocycles. The highest BCUT2D eigenvalue weighted by Gasteiger charge is 1.77. The van der Waals surface area contributed by atoms with Crippen LogP contribution >= 0.6 is 0 Å². The van der Waals surface area contributed by atoms with E-state index < -0.39 is 0 Å². The summed E-state index contributed by atoms with van der Waals surface area (Å²) in [5, 5.41) is 2.97. The molecular weight excluding hydrogens is 88.1 g/mol. The van der Waals surface area contributed by atoms with Gasteiger partial charge in [-0.05, 0) is 6.20 Å².